The lowest BCUT2D eigenvalue weighted by Crippen LogP contribution is -2.40. The highest BCUT2D eigenvalue weighted by Crippen LogP contribution is 2.24. The Morgan fingerprint density at radius 2 is 1.88 bits per heavy atom. The normalized spacial score (nSPS) is 17.6. The van der Waals surface area contributed by atoms with E-state index in [1.807, 2.05) is 6.07 Å². The van der Waals surface area contributed by atoms with Crippen molar-refractivity contribution in [2.75, 3.05) is 32.9 Å². The van der Waals surface area contributed by atoms with Crippen LogP contribution in [-0.2, 0) is 26.1 Å². The molecule has 0 unspecified atom stereocenters. The highest BCUT2D eigenvalue weighted by molar-refractivity contribution is 7.89. The summed E-state index contributed by atoms with van der Waals surface area (Å²) in [5, 5.41) is 0. The van der Waals surface area contributed by atoms with E-state index in [1.165, 1.54) is 16.4 Å². The van der Waals surface area contributed by atoms with E-state index in [9.17, 15) is 13.2 Å². The maximum Gasteiger partial charge on any atom is 0.265 e. The summed E-state index contributed by atoms with van der Waals surface area (Å²) in [6.45, 7) is 1.69. The molecule has 1 amide bonds. The van der Waals surface area contributed by atoms with Crippen molar-refractivity contribution in [1.29, 1.82) is 0 Å². The van der Waals surface area contributed by atoms with Gasteiger partial charge in [-0.25, -0.2) is 8.42 Å². The third-order valence-corrected chi connectivity index (χ3v) is 7.52. The third-order valence-electron chi connectivity index (χ3n) is 5.60. The van der Waals surface area contributed by atoms with Gasteiger partial charge in [0.05, 0.1) is 30.9 Å². The van der Waals surface area contributed by atoms with E-state index in [2.05, 4.69) is 6.08 Å². The molecule has 172 valence electrons. The van der Waals surface area contributed by atoms with Crippen LogP contribution in [0.2, 0.25) is 0 Å². The Kier molecular flexibility index (Phi) is 7.29. The van der Waals surface area contributed by atoms with Crippen molar-refractivity contribution in [1.82, 2.24) is 9.21 Å². The Balaban J connectivity index is 1.40. The van der Waals surface area contributed by atoms with Crippen molar-refractivity contribution in [2.24, 2.45) is 0 Å². The van der Waals surface area contributed by atoms with Crippen LogP contribution in [0, 0.1) is 0 Å². The number of amides is 1. The maximum atomic E-state index is 13.0. The number of nitrogens with zero attached hydrogens (tertiary/aromatic N) is 2. The minimum atomic E-state index is -3.56. The Morgan fingerprint density at radius 3 is 2.53 bits per heavy atom. The molecule has 32 heavy (non-hydrogen) atoms. The van der Waals surface area contributed by atoms with Gasteiger partial charge in [0.1, 0.15) is 11.5 Å². The molecule has 2 heterocycles. The predicted molar refractivity (Wildman–Crippen MR) is 117 cm³/mol. The molecule has 0 radical (unpaired) electrons. The van der Waals surface area contributed by atoms with E-state index >= 15 is 0 Å². The van der Waals surface area contributed by atoms with Gasteiger partial charge in [-0.05, 0) is 62.1 Å². The number of carbonyl (C=O) groups excluding carboxylic acids is 1. The second kappa shape index (κ2) is 10.3. The topological polar surface area (TPSA) is 89.3 Å². The van der Waals surface area contributed by atoms with Gasteiger partial charge in [-0.2, -0.15) is 4.31 Å². The molecule has 2 aromatic rings. The van der Waals surface area contributed by atoms with Gasteiger partial charge in [0.2, 0.25) is 10.0 Å². The molecule has 1 aliphatic heterocycles. The fourth-order valence-corrected chi connectivity index (χ4v) is 5.25. The fourth-order valence-electron chi connectivity index (χ4n) is 3.84. The number of rotatable bonds is 8. The molecular formula is C23H28N2O6S. The lowest BCUT2D eigenvalue weighted by molar-refractivity contribution is -0.132. The molecule has 1 aromatic carbocycles. The number of hydrogen-bond acceptors (Lipinski definition) is 6. The van der Waals surface area contributed by atoms with Gasteiger partial charge >= 0.3 is 0 Å². The lowest BCUT2D eigenvalue weighted by Gasteiger charge is -2.27. The molecule has 9 heteroatoms. The monoisotopic (exact) mass is 460 g/mol. The van der Waals surface area contributed by atoms with Crippen LogP contribution in [0.3, 0.4) is 0 Å². The molecule has 4 rings (SSSR count). The average molecular weight is 461 g/mol. The molecule has 1 aliphatic carbocycles. The van der Waals surface area contributed by atoms with Gasteiger partial charge in [-0.3, -0.25) is 4.79 Å². The number of ether oxygens (including phenoxy) is 2. The molecule has 0 N–H and O–H groups in total. The van der Waals surface area contributed by atoms with Gasteiger partial charge in [-0.1, -0.05) is 6.08 Å². The summed E-state index contributed by atoms with van der Waals surface area (Å²) >= 11 is 0. The fraction of sp³-hybridized carbons (Fsp3) is 0.435. The van der Waals surface area contributed by atoms with Crippen LogP contribution in [0.5, 0.6) is 5.75 Å². The van der Waals surface area contributed by atoms with Crippen molar-refractivity contribution >= 4 is 15.9 Å². The third kappa shape index (κ3) is 5.40. The van der Waals surface area contributed by atoms with Crippen molar-refractivity contribution in [3.63, 3.8) is 0 Å². The molecule has 1 fully saturated rings. The summed E-state index contributed by atoms with van der Waals surface area (Å²) in [7, 11) is -3.56. The highest BCUT2D eigenvalue weighted by Gasteiger charge is 2.26. The average Bonchev–Trinajstić information content (AvgIpc) is 3.36. The van der Waals surface area contributed by atoms with Crippen molar-refractivity contribution in [3.05, 3.63) is 60.2 Å². The first-order valence-electron chi connectivity index (χ1n) is 10.9. The summed E-state index contributed by atoms with van der Waals surface area (Å²) in [4.78, 5) is 14.9. The quantitative estimate of drug-likeness (QED) is 0.601. The molecule has 2 aliphatic rings. The molecule has 1 saturated heterocycles. The van der Waals surface area contributed by atoms with Crippen LogP contribution in [-0.4, -0.2) is 56.4 Å². The summed E-state index contributed by atoms with van der Waals surface area (Å²) in [6.07, 6.45) is 7.68. The van der Waals surface area contributed by atoms with E-state index in [0.717, 1.165) is 31.4 Å². The van der Waals surface area contributed by atoms with Crippen LogP contribution in [0.4, 0.5) is 0 Å². The molecule has 0 bridgehead atoms. The SMILES string of the molecule is O=C(COc1ccc(S(=O)(=O)N2CCOCC2)cc1)N(Cc1ccco1)C1=CCCCC1. The summed E-state index contributed by atoms with van der Waals surface area (Å²) in [5.74, 6) is 0.983. The Labute approximate surface area is 188 Å². The maximum absolute atomic E-state index is 13.0. The van der Waals surface area contributed by atoms with E-state index in [4.69, 9.17) is 13.9 Å². The van der Waals surface area contributed by atoms with Crippen LogP contribution in [0.15, 0.2) is 63.7 Å². The second-order valence-electron chi connectivity index (χ2n) is 7.78. The first-order chi connectivity index (χ1) is 15.5. The van der Waals surface area contributed by atoms with E-state index in [-0.39, 0.29) is 17.4 Å². The first-order valence-corrected chi connectivity index (χ1v) is 12.3. The minimum Gasteiger partial charge on any atom is -0.484 e. The van der Waals surface area contributed by atoms with E-state index < -0.39 is 10.0 Å². The molecule has 0 saturated carbocycles. The van der Waals surface area contributed by atoms with Crippen LogP contribution in [0.25, 0.3) is 0 Å². The van der Waals surface area contributed by atoms with Gasteiger partial charge in [0.15, 0.2) is 6.61 Å². The number of carbonyl (C=O) groups is 1. The molecule has 8 nitrogen and oxygen atoms in total. The summed E-state index contributed by atoms with van der Waals surface area (Å²) < 4.78 is 43.2. The largest absolute Gasteiger partial charge is 0.484 e. The molecule has 0 spiro atoms. The number of furan rings is 1. The van der Waals surface area contributed by atoms with Crippen molar-refractivity contribution in [2.45, 2.75) is 37.1 Å². The smallest absolute Gasteiger partial charge is 0.265 e. The molecule has 1 aromatic heterocycles. The lowest BCUT2D eigenvalue weighted by atomic mass is 10.0. The minimum absolute atomic E-state index is 0.145. The van der Waals surface area contributed by atoms with Crippen LogP contribution in [0.1, 0.15) is 31.4 Å². The second-order valence-corrected chi connectivity index (χ2v) is 9.71. The van der Waals surface area contributed by atoms with Gasteiger partial charge < -0.3 is 18.8 Å². The van der Waals surface area contributed by atoms with Gasteiger partial charge in [0, 0.05) is 18.8 Å². The molecular weight excluding hydrogens is 432 g/mol. The van der Waals surface area contributed by atoms with E-state index in [0.29, 0.717) is 44.4 Å². The zero-order valence-corrected chi connectivity index (χ0v) is 18.8. The number of sulfonamides is 1. The van der Waals surface area contributed by atoms with Crippen LogP contribution < -0.4 is 4.74 Å². The van der Waals surface area contributed by atoms with Crippen molar-refractivity contribution < 1.29 is 27.1 Å². The Hall–Kier alpha value is -2.62. The summed E-state index contributed by atoms with van der Waals surface area (Å²) in [5.41, 5.74) is 0.994. The van der Waals surface area contributed by atoms with E-state index in [1.54, 1.807) is 29.4 Å². The number of morpholine rings is 1. The summed E-state index contributed by atoms with van der Waals surface area (Å²) in [6, 6.07) is 9.83. The highest BCUT2D eigenvalue weighted by atomic mass is 32.2. The predicted octanol–water partition coefficient (Wildman–Crippen LogP) is 3.17. The van der Waals surface area contributed by atoms with Gasteiger partial charge in [-0.15, -0.1) is 0 Å². The molecule has 0 atom stereocenters. The zero-order valence-electron chi connectivity index (χ0n) is 17.9. The Bertz CT molecular complexity index is 1020. The van der Waals surface area contributed by atoms with Gasteiger partial charge in [0.25, 0.3) is 5.91 Å². The number of benzene rings is 1. The first kappa shape index (κ1) is 22.6. The Morgan fingerprint density at radius 1 is 1.09 bits per heavy atom. The number of allylic oxidation sites excluding steroid dienone is 2. The van der Waals surface area contributed by atoms with Crippen molar-refractivity contribution in [3.8, 4) is 5.75 Å². The standard InChI is InChI=1S/C23H28N2O6S/c26-23(25(17-21-7-4-14-30-21)19-5-2-1-3-6-19)18-31-20-8-10-22(11-9-20)32(27,28)24-12-15-29-16-13-24/h4-5,7-11,14H,1-3,6,12-13,15-18H2. The number of hydrogen-bond donors (Lipinski definition) is 0. The zero-order chi connectivity index (χ0) is 22.4. The van der Waals surface area contributed by atoms with Crippen LogP contribution >= 0.6 is 0 Å².